The number of carbonyl (C=O) groups excluding carboxylic acids is 1. The normalized spacial score (nSPS) is 11.0. The Morgan fingerprint density at radius 3 is 2.54 bits per heavy atom. The molecule has 0 atom stereocenters. The lowest BCUT2D eigenvalue weighted by Crippen LogP contribution is -2.16. The number of nitrogens with zero attached hydrogens (tertiary/aromatic N) is 1. The lowest BCUT2D eigenvalue weighted by molar-refractivity contribution is -0.120. The zero-order chi connectivity index (χ0) is 18.9. The second-order valence-electron chi connectivity index (χ2n) is 5.63. The smallest absolute Gasteiger partial charge is 0.298 e. The predicted molar refractivity (Wildman–Crippen MR) is 104 cm³/mol. The molecule has 2 aromatic carbocycles. The summed E-state index contributed by atoms with van der Waals surface area (Å²) in [7, 11) is 3.58. The summed E-state index contributed by atoms with van der Waals surface area (Å²) in [4.78, 5) is 12.8. The predicted octanol–water partition coefficient (Wildman–Crippen LogP) is 4.52. The molecular weight excluding hydrogens is 330 g/mol. The molecule has 0 unspecified atom stereocenters. The molecule has 0 heterocycles. The van der Waals surface area contributed by atoms with E-state index in [4.69, 9.17) is 14.2 Å². The highest BCUT2D eigenvalue weighted by molar-refractivity contribution is 5.82. The van der Waals surface area contributed by atoms with Crippen LogP contribution in [-0.4, -0.2) is 27.2 Å². The average molecular weight is 355 g/mol. The third-order valence-electron chi connectivity index (χ3n) is 3.97. The Morgan fingerprint density at radius 1 is 1.12 bits per heavy atom. The van der Waals surface area contributed by atoms with E-state index in [1.165, 1.54) is 0 Å². The molecule has 0 spiro atoms. The number of methoxy groups -OCH3 is 1. The maximum Gasteiger partial charge on any atom is 0.298 e. The fourth-order valence-electron chi connectivity index (χ4n) is 2.70. The topological polar surface area (TPSA) is 48.0 Å². The van der Waals surface area contributed by atoms with Crippen molar-refractivity contribution >= 4 is 17.9 Å². The summed E-state index contributed by atoms with van der Waals surface area (Å²) < 4.78 is 16.3. The van der Waals surface area contributed by atoms with E-state index in [0.717, 1.165) is 23.4 Å². The fourth-order valence-corrected chi connectivity index (χ4v) is 2.70. The third-order valence-corrected chi connectivity index (χ3v) is 3.97. The van der Waals surface area contributed by atoms with Crippen LogP contribution in [0.25, 0.3) is 5.70 Å². The van der Waals surface area contributed by atoms with E-state index in [0.29, 0.717) is 30.3 Å². The average Bonchev–Trinajstić information content (AvgIpc) is 2.68. The Morgan fingerprint density at radius 2 is 1.88 bits per heavy atom. The van der Waals surface area contributed by atoms with Gasteiger partial charge in [0.25, 0.3) is 6.47 Å². The Balaban J connectivity index is 2.40. The van der Waals surface area contributed by atoms with Gasteiger partial charge >= 0.3 is 0 Å². The van der Waals surface area contributed by atoms with Crippen molar-refractivity contribution in [2.75, 3.05) is 25.7 Å². The van der Waals surface area contributed by atoms with E-state index in [9.17, 15) is 4.79 Å². The molecule has 0 saturated heterocycles. The van der Waals surface area contributed by atoms with Gasteiger partial charge in [0, 0.05) is 30.1 Å². The number of carbonyl (C=O) groups is 1. The van der Waals surface area contributed by atoms with Crippen molar-refractivity contribution in [1.82, 2.24) is 0 Å². The van der Waals surface area contributed by atoms with Gasteiger partial charge in [-0.25, -0.2) is 0 Å². The van der Waals surface area contributed by atoms with E-state index in [2.05, 4.69) is 6.92 Å². The van der Waals surface area contributed by atoms with Gasteiger partial charge in [0.15, 0.2) is 11.5 Å². The second kappa shape index (κ2) is 9.51. The molecule has 0 N–H and O–H groups in total. The van der Waals surface area contributed by atoms with Crippen LogP contribution in [0, 0.1) is 0 Å². The highest BCUT2D eigenvalue weighted by Crippen LogP contribution is 2.36. The summed E-state index contributed by atoms with van der Waals surface area (Å²) in [6.45, 7) is 5.07. The van der Waals surface area contributed by atoms with Crippen molar-refractivity contribution in [3.63, 3.8) is 0 Å². The molecule has 0 aliphatic rings. The van der Waals surface area contributed by atoms with Gasteiger partial charge in [0.05, 0.1) is 13.7 Å². The van der Waals surface area contributed by atoms with Crippen LogP contribution in [0.2, 0.25) is 0 Å². The summed E-state index contributed by atoms with van der Waals surface area (Å²) in [5, 5.41) is 0. The van der Waals surface area contributed by atoms with E-state index >= 15 is 0 Å². The quantitative estimate of drug-likeness (QED) is 0.619. The van der Waals surface area contributed by atoms with Crippen LogP contribution in [0.15, 0.2) is 48.5 Å². The van der Waals surface area contributed by atoms with E-state index in [1.807, 2.05) is 61.3 Å². The van der Waals surface area contributed by atoms with Crippen LogP contribution in [-0.2, 0) is 4.79 Å². The third kappa shape index (κ3) is 4.36. The van der Waals surface area contributed by atoms with E-state index in [-0.39, 0.29) is 0 Å². The molecule has 0 aliphatic heterocycles. The lowest BCUT2D eigenvalue weighted by atomic mass is 10.1. The van der Waals surface area contributed by atoms with Crippen LogP contribution >= 0.6 is 0 Å². The SMILES string of the molecule is C/C=C(\c1ccccc1OC=O)N(C)c1ccc(OC)c(OCCC)c1. The summed E-state index contributed by atoms with van der Waals surface area (Å²) in [5.74, 6) is 1.91. The molecule has 5 heteroatoms. The molecule has 2 aromatic rings. The van der Waals surface area contributed by atoms with Gasteiger partial charge in [-0.1, -0.05) is 25.1 Å². The Hall–Kier alpha value is -2.95. The zero-order valence-corrected chi connectivity index (χ0v) is 15.7. The van der Waals surface area contributed by atoms with Gasteiger partial charge in [-0.3, -0.25) is 4.79 Å². The highest BCUT2D eigenvalue weighted by Gasteiger charge is 2.15. The van der Waals surface area contributed by atoms with Crippen LogP contribution in [0.1, 0.15) is 25.8 Å². The number of para-hydroxylation sites is 1. The van der Waals surface area contributed by atoms with Crippen LogP contribution in [0.4, 0.5) is 5.69 Å². The molecule has 0 amide bonds. The summed E-state index contributed by atoms with van der Waals surface area (Å²) in [6, 6.07) is 13.2. The summed E-state index contributed by atoms with van der Waals surface area (Å²) in [5.41, 5.74) is 2.68. The molecule has 5 nitrogen and oxygen atoms in total. The molecular formula is C21H25NO4. The molecule has 0 aromatic heterocycles. The number of benzene rings is 2. The number of rotatable bonds is 9. The van der Waals surface area contributed by atoms with Gasteiger partial charge in [-0.05, 0) is 37.6 Å². The van der Waals surface area contributed by atoms with Gasteiger partial charge in [0.2, 0.25) is 0 Å². The first-order chi connectivity index (χ1) is 12.7. The first-order valence-corrected chi connectivity index (χ1v) is 8.56. The molecule has 26 heavy (non-hydrogen) atoms. The molecule has 2 rings (SSSR count). The van der Waals surface area contributed by atoms with Crippen molar-refractivity contribution in [2.24, 2.45) is 0 Å². The van der Waals surface area contributed by atoms with Crippen molar-refractivity contribution in [1.29, 1.82) is 0 Å². The minimum atomic E-state index is 0.441. The van der Waals surface area contributed by atoms with Gasteiger partial charge in [-0.15, -0.1) is 0 Å². The maximum absolute atomic E-state index is 10.8. The first kappa shape index (κ1) is 19.4. The number of ether oxygens (including phenoxy) is 3. The zero-order valence-electron chi connectivity index (χ0n) is 15.7. The Kier molecular flexibility index (Phi) is 7.09. The largest absolute Gasteiger partial charge is 0.493 e. The lowest BCUT2D eigenvalue weighted by Gasteiger charge is -2.25. The molecule has 0 radical (unpaired) electrons. The Bertz CT molecular complexity index is 770. The van der Waals surface area contributed by atoms with E-state index in [1.54, 1.807) is 13.2 Å². The molecule has 0 fully saturated rings. The van der Waals surface area contributed by atoms with Gasteiger partial charge < -0.3 is 19.1 Å². The number of hydrogen-bond acceptors (Lipinski definition) is 5. The first-order valence-electron chi connectivity index (χ1n) is 8.56. The number of allylic oxidation sites excluding steroid dienone is 1. The minimum Gasteiger partial charge on any atom is -0.493 e. The number of hydrogen-bond donors (Lipinski definition) is 0. The second-order valence-corrected chi connectivity index (χ2v) is 5.63. The van der Waals surface area contributed by atoms with Gasteiger partial charge in [-0.2, -0.15) is 0 Å². The highest BCUT2D eigenvalue weighted by atomic mass is 16.5. The maximum atomic E-state index is 10.8. The number of anilines is 1. The van der Waals surface area contributed by atoms with Crippen LogP contribution in [0.3, 0.4) is 0 Å². The molecule has 138 valence electrons. The summed E-state index contributed by atoms with van der Waals surface area (Å²) >= 11 is 0. The summed E-state index contributed by atoms with van der Waals surface area (Å²) in [6.07, 6.45) is 2.89. The van der Waals surface area contributed by atoms with Crippen molar-refractivity contribution in [2.45, 2.75) is 20.3 Å². The minimum absolute atomic E-state index is 0.441. The van der Waals surface area contributed by atoms with Crippen molar-refractivity contribution < 1.29 is 19.0 Å². The molecule has 0 saturated carbocycles. The van der Waals surface area contributed by atoms with E-state index < -0.39 is 0 Å². The van der Waals surface area contributed by atoms with Crippen LogP contribution < -0.4 is 19.1 Å². The van der Waals surface area contributed by atoms with Crippen LogP contribution in [0.5, 0.6) is 17.2 Å². The molecule has 0 aliphatic carbocycles. The van der Waals surface area contributed by atoms with Gasteiger partial charge in [0.1, 0.15) is 5.75 Å². The van der Waals surface area contributed by atoms with Crippen molar-refractivity contribution in [3.05, 3.63) is 54.1 Å². The standard InChI is InChI=1S/C21H25NO4/c1-5-13-25-21-14-16(11-12-20(21)24-4)22(3)18(6-2)17-9-7-8-10-19(17)26-15-23/h6-12,14-15H,5,13H2,1-4H3/b18-6+. The Labute approximate surface area is 154 Å². The fraction of sp³-hybridized carbons (Fsp3) is 0.286. The molecule has 0 bridgehead atoms. The monoisotopic (exact) mass is 355 g/mol. The van der Waals surface area contributed by atoms with Crippen molar-refractivity contribution in [3.8, 4) is 17.2 Å².